The van der Waals surface area contributed by atoms with Gasteiger partial charge in [0, 0.05) is 37.3 Å². The van der Waals surface area contributed by atoms with Crippen LogP contribution in [0.4, 0.5) is 0 Å². The van der Waals surface area contributed by atoms with E-state index in [1.54, 1.807) is 11.8 Å². The molecule has 48 heavy (non-hydrogen) atoms. The number of hydrogen-bond donors (Lipinski definition) is 1. The van der Waals surface area contributed by atoms with E-state index in [1.165, 1.54) is 26.3 Å². The highest BCUT2D eigenvalue weighted by Crippen LogP contribution is 2.78. The summed E-state index contributed by atoms with van der Waals surface area (Å²) in [5, 5.41) is 10.3. The number of allylic oxidation sites excluding steroid dienone is 1. The van der Waals surface area contributed by atoms with Crippen LogP contribution < -0.4 is 9.47 Å². The van der Waals surface area contributed by atoms with Gasteiger partial charge in [0.25, 0.3) is 0 Å². The van der Waals surface area contributed by atoms with Gasteiger partial charge in [0.1, 0.15) is 6.61 Å². The quantitative estimate of drug-likeness (QED) is 0.131. The molecule has 0 heterocycles. The van der Waals surface area contributed by atoms with E-state index in [-0.39, 0.29) is 51.0 Å². The minimum Gasteiger partial charge on any atom is -0.481 e. The van der Waals surface area contributed by atoms with E-state index in [4.69, 9.17) is 14.2 Å². The topological polar surface area (TPSA) is 116 Å². The van der Waals surface area contributed by atoms with Crippen LogP contribution in [0.3, 0.4) is 0 Å². The Hall–Kier alpha value is -2.81. The van der Waals surface area contributed by atoms with Gasteiger partial charge >= 0.3 is 23.9 Å². The highest BCUT2D eigenvalue weighted by atomic mass is 32.2. The maximum atomic E-state index is 12.7. The van der Waals surface area contributed by atoms with E-state index in [2.05, 4.69) is 33.8 Å². The van der Waals surface area contributed by atoms with Crippen molar-refractivity contribution >= 4 is 35.6 Å². The molecular weight excluding hydrogens is 628 g/mol. The van der Waals surface area contributed by atoms with Crippen LogP contribution in [0.2, 0.25) is 0 Å². The van der Waals surface area contributed by atoms with Crippen LogP contribution in [0.1, 0.15) is 129 Å². The number of carbonyl (C=O) groups is 4. The number of esters is 3. The number of thioether (sulfide) groups is 1. The summed E-state index contributed by atoms with van der Waals surface area (Å²) in [6.45, 7) is 18.0. The van der Waals surface area contributed by atoms with E-state index < -0.39 is 23.3 Å². The van der Waals surface area contributed by atoms with E-state index in [1.807, 2.05) is 19.9 Å². The number of hydrogen-bond acceptors (Lipinski definition) is 8. The SMILES string of the molecule is CC(=O)OCCSC1C=C2[C@@H](CCc3cc(OC(C)=O)c(OC(C)=O)c(C)c31)CC[C@@]1(C)[C@]3(C)C[C@](C)(C(=O)O)CC[C@]3(C)CC[C@]21C. The predicted molar refractivity (Wildman–Crippen MR) is 186 cm³/mol. The number of aliphatic carboxylic acids is 1. The number of carbonyl (C=O) groups excluding carboxylic acids is 3. The lowest BCUT2D eigenvalue weighted by Crippen LogP contribution is -2.66. The molecule has 0 spiro atoms. The molecule has 9 heteroatoms. The third-order valence-electron chi connectivity index (χ3n) is 13.7. The van der Waals surface area contributed by atoms with Crippen LogP contribution >= 0.6 is 11.8 Å². The number of fused-ring (bicyclic) bond motifs is 6. The largest absolute Gasteiger partial charge is 0.481 e. The van der Waals surface area contributed by atoms with Gasteiger partial charge in [-0.3, -0.25) is 19.2 Å². The molecule has 1 N–H and O–H groups in total. The van der Waals surface area contributed by atoms with Gasteiger partial charge in [-0.2, -0.15) is 0 Å². The first-order valence-corrected chi connectivity index (χ1v) is 18.6. The normalized spacial score (nSPS) is 35.6. The van der Waals surface area contributed by atoms with Crippen molar-refractivity contribution in [3.8, 4) is 11.5 Å². The Balaban J connectivity index is 1.68. The molecule has 3 saturated carbocycles. The summed E-state index contributed by atoms with van der Waals surface area (Å²) in [5.74, 6) is -0.549. The van der Waals surface area contributed by atoms with E-state index in [0.29, 0.717) is 24.5 Å². The fourth-order valence-electron chi connectivity index (χ4n) is 10.5. The highest BCUT2D eigenvalue weighted by molar-refractivity contribution is 7.99. The second-order valence-corrected chi connectivity index (χ2v) is 17.5. The number of ether oxygens (including phenoxy) is 3. The van der Waals surface area contributed by atoms with Crippen molar-refractivity contribution in [1.29, 1.82) is 0 Å². The molecule has 3 fully saturated rings. The maximum Gasteiger partial charge on any atom is 0.309 e. The second kappa shape index (κ2) is 12.8. The monoisotopic (exact) mass is 682 g/mol. The maximum absolute atomic E-state index is 12.7. The third-order valence-corrected chi connectivity index (χ3v) is 14.8. The number of aryl methyl sites for hydroxylation is 1. The third kappa shape index (κ3) is 5.90. The molecular formula is C39H54O8S. The van der Waals surface area contributed by atoms with E-state index in [0.717, 1.165) is 61.6 Å². The van der Waals surface area contributed by atoms with Gasteiger partial charge in [-0.15, -0.1) is 11.8 Å². The van der Waals surface area contributed by atoms with Crippen molar-refractivity contribution in [2.75, 3.05) is 12.4 Å². The van der Waals surface area contributed by atoms with Crippen molar-refractivity contribution in [3.05, 3.63) is 34.4 Å². The van der Waals surface area contributed by atoms with Gasteiger partial charge < -0.3 is 19.3 Å². The molecule has 0 amide bonds. The van der Waals surface area contributed by atoms with Crippen molar-refractivity contribution < 1.29 is 38.5 Å². The molecule has 264 valence electrons. The second-order valence-electron chi connectivity index (χ2n) is 16.2. The fourth-order valence-corrected chi connectivity index (χ4v) is 11.7. The number of carboxylic acids is 1. The minimum atomic E-state index is -0.750. The molecule has 0 radical (unpaired) electrons. The molecule has 1 aromatic carbocycles. The van der Waals surface area contributed by atoms with Crippen molar-refractivity contribution in [2.45, 2.75) is 125 Å². The van der Waals surface area contributed by atoms with Gasteiger partial charge in [0.2, 0.25) is 0 Å². The Kier molecular flexibility index (Phi) is 9.74. The van der Waals surface area contributed by atoms with Crippen LogP contribution in [-0.2, 0) is 30.3 Å². The van der Waals surface area contributed by atoms with E-state index in [9.17, 15) is 24.3 Å². The summed E-state index contributed by atoms with van der Waals surface area (Å²) in [4.78, 5) is 48.7. The molecule has 0 aliphatic heterocycles. The lowest BCUT2D eigenvalue weighted by atomic mass is 9.31. The number of rotatable bonds is 7. The Bertz CT molecular complexity index is 1550. The smallest absolute Gasteiger partial charge is 0.309 e. The standard InChI is InChI=1S/C39H54O8S/c1-23-32-28(20-30(46-25(3)41)33(23)47-26(4)42)11-10-27-12-13-38(8)37(7,29(27)21-31(32)48-19-18-45-24(2)40)17-16-36(6)15-14-35(5,34(43)44)22-39(36,38)9/h20-21,27,31H,10-19,22H2,1-9H3,(H,43,44)/t27-,31?,35+,36+,37+,38+,39+/m0/s1. The average molecular weight is 683 g/mol. The highest BCUT2D eigenvalue weighted by Gasteiger charge is 2.70. The molecule has 4 aliphatic rings. The Labute approximate surface area is 290 Å². The molecule has 4 aliphatic carbocycles. The first-order chi connectivity index (χ1) is 22.3. The van der Waals surface area contributed by atoms with Gasteiger partial charge in [0.15, 0.2) is 11.5 Å². The zero-order chi connectivity index (χ0) is 35.4. The predicted octanol–water partition coefficient (Wildman–Crippen LogP) is 8.56. The average Bonchev–Trinajstić information content (AvgIpc) is 2.97. The van der Waals surface area contributed by atoms with Crippen molar-refractivity contribution in [2.24, 2.45) is 33.0 Å². The number of carboxylic acid groups (broad SMARTS) is 1. The molecule has 1 unspecified atom stereocenters. The Morgan fingerprint density at radius 2 is 1.54 bits per heavy atom. The molecule has 0 bridgehead atoms. The first-order valence-electron chi connectivity index (χ1n) is 17.5. The van der Waals surface area contributed by atoms with Gasteiger partial charge in [0.05, 0.1) is 5.41 Å². The lowest BCUT2D eigenvalue weighted by Gasteiger charge is -2.73. The molecule has 7 atom stereocenters. The summed E-state index contributed by atoms with van der Waals surface area (Å²) in [7, 11) is 0. The zero-order valence-corrected chi connectivity index (χ0v) is 31.1. The van der Waals surface area contributed by atoms with Gasteiger partial charge in [-0.25, -0.2) is 0 Å². The minimum absolute atomic E-state index is 0.0542. The molecule has 0 aromatic heterocycles. The number of benzene rings is 1. The van der Waals surface area contributed by atoms with E-state index >= 15 is 0 Å². The molecule has 1 aromatic rings. The zero-order valence-electron chi connectivity index (χ0n) is 30.3. The van der Waals surface area contributed by atoms with Crippen molar-refractivity contribution in [3.63, 3.8) is 0 Å². The summed E-state index contributed by atoms with van der Waals surface area (Å²) >= 11 is 1.70. The van der Waals surface area contributed by atoms with Gasteiger partial charge in [-0.1, -0.05) is 39.3 Å². The summed E-state index contributed by atoms with van der Waals surface area (Å²) in [5.41, 5.74) is 3.16. The first kappa shape index (κ1) is 36.5. The summed E-state index contributed by atoms with van der Waals surface area (Å²) in [6.07, 6.45) is 10.6. The molecule has 5 rings (SSSR count). The van der Waals surface area contributed by atoms with Gasteiger partial charge in [-0.05, 0) is 116 Å². The summed E-state index contributed by atoms with van der Waals surface area (Å²) < 4.78 is 16.6. The van der Waals surface area contributed by atoms with Crippen LogP contribution in [0.15, 0.2) is 17.7 Å². The van der Waals surface area contributed by atoms with Crippen LogP contribution in [0, 0.1) is 39.9 Å². The summed E-state index contributed by atoms with van der Waals surface area (Å²) in [6, 6.07) is 1.87. The Morgan fingerprint density at radius 1 is 0.875 bits per heavy atom. The van der Waals surface area contributed by atoms with Crippen molar-refractivity contribution in [1.82, 2.24) is 0 Å². The molecule has 8 nitrogen and oxygen atoms in total. The Morgan fingerprint density at radius 3 is 2.17 bits per heavy atom. The molecule has 0 saturated heterocycles. The lowest BCUT2D eigenvalue weighted by molar-refractivity contribution is -0.224. The van der Waals surface area contributed by atoms with Crippen LogP contribution in [0.25, 0.3) is 0 Å². The van der Waals surface area contributed by atoms with Crippen LogP contribution in [0.5, 0.6) is 11.5 Å². The fraction of sp³-hybridized carbons (Fsp3) is 0.692. The van der Waals surface area contributed by atoms with Crippen LogP contribution in [-0.4, -0.2) is 41.3 Å².